The van der Waals surface area contributed by atoms with Gasteiger partial charge in [0, 0.05) is 31.1 Å². The smallest absolute Gasteiger partial charge is 0.242 e. The van der Waals surface area contributed by atoms with Crippen molar-refractivity contribution in [3.8, 4) is 0 Å². The van der Waals surface area contributed by atoms with Crippen molar-refractivity contribution in [1.82, 2.24) is 10.2 Å². The predicted molar refractivity (Wildman–Crippen MR) is 128 cm³/mol. The molecule has 0 aromatic heterocycles. The highest BCUT2D eigenvalue weighted by Crippen LogP contribution is 2.21. The van der Waals surface area contributed by atoms with Gasteiger partial charge in [-0.25, -0.2) is 8.42 Å². The van der Waals surface area contributed by atoms with Gasteiger partial charge in [-0.15, -0.1) is 0 Å². The van der Waals surface area contributed by atoms with Crippen molar-refractivity contribution >= 4 is 39.1 Å². The number of likely N-dealkylation sites (N-methyl/N-ethyl adjacent to an activating group) is 1. The topological polar surface area (TPSA) is 86.8 Å². The van der Waals surface area contributed by atoms with Crippen molar-refractivity contribution in [2.45, 2.75) is 39.3 Å². The maximum atomic E-state index is 13.1. The largest absolute Gasteiger partial charge is 0.355 e. The monoisotopic (exact) mass is 479 g/mol. The van der Waals surface area contributed by atoms with Crippen LogP contribution in [0.15, 0.2) is 54.6 Å². The van der Waals surface area contributed by atoms with Crippen molar-refractivity contribution in [1.29, 1.82) is 0 Å². The van der Waals surface area contributed by atoms with Gasteiger partial charge in [-0.1, -0.05) is 48.0 Å². The van der Waals surface area contributed by atoms with Crippen LogP contribution in [0.4, 0.5) is 5.69 Å². The first-order chi connectivity index (χ1) is 15.1. The number of nitrogens with zero attached hydrogens (tertiary/aromatic N) is 2. The van der Waals surface area contributed by atoms with E-state index >= 15 is 0 Å². The summed E-state index contributed by atoms with van der Waals surface area (Å²) in [7, 11) is -3.50. The molecule has 2 aromatic carbocycles. The molecule has 1 atom stereocenters. The predicted octanol–water partition coefficient (Wildman–Crippen LogP) is 3.44. The second-order valence-corrected chi connectivity index (χ2v) is 9.77. The molecule has 0 radical (unpaired) electrons. The second kappa shape index (κ2) is 11.9. The van der Waals surface area contributed by atoms with Gasteiger partial charge in [0.05, 0.1) is 11.9 Å². The molecular formula is C23H30ClN3O4S. The Morgan fingerprint density at radius 1 is 1.06 bits per heavy atom. The van der Waals surface area contributed by atoms with Crippen molar-refractivity contribution in [3.05, 3.63) is 65.2 Å². The number of rotatable bonds is 11. The zero-order valence-corrected chi connectivity index (χ0v) is 20.2. The fraction of sp³-hybridized carbons (Fsp3) is 0.391. The summed E-state index contributed by atoms with van der Waals surface area (Å²) in [5, 5.41) is 3.26. The number of sulfonamides is 1. The number of hydrogen-bond donors (Lipinski definition) is 1. The van der Waals surface area contributed by atoms with Crippen LogP contribution in [0.25, 0.3) is 0 Å². The lowest BCUT2D eigenvalue weighted by molar-refractivity contribution is -0.140. The molecule has 2 aromatic rings. The Kier molecular flexibility index (Phi) is 9.53. The maximum absolute atomic E-state index is 13.1. The summed E-state index contributed by atoms with van der Waals surface area (Å²) in [5.74, 6) is -0.500. The van der Waals surface area contributed by atoms with Crippen LogP contribution in [0.5, 0.6) is 0 Å². The van der Waals surface area contributed by atoms with E-state index in [0.717, 1.165) is 11.8 Å². The number of carbonyl (C=O) groups is 2. The number of hydrogen-bond acceptors (Lipinski definition) is 4. The van der Waals surface area contributed by atoms with Gasteiger partial charge in [0.25, 0.3) is 0 Å². The molecule has 0 heterocycles. The third-order valence-electron chi connectivity index (χ3n) is 5.01. The Morgan fingerprint density at radius 3 is 2.28 bits per heavy atom. The normalized spacial score (nSPS) is 12.1. The zero-order chi connectivity index (χ0) is 23.7. The molecule has 0 aliphatic carbocycles. The van der Waals surface area contributed by atoms with Gasteiger partial charge in [-0.2, -0.15) is 0 Å². The Bertz CT molecular complexity index is 1010. The lowest BCUT2D eigenvalue weighted by Gasteiger charge is -2.29. The Hall–Kier alpha value is -2.58. The highest BCUT2D eigenvalue weighted by molar-refractivity contribution is 7.92. The van der Waals surface area contributed by atoms with Crippen LogP contribution in [-0.2, 0) is 26.2 Å². The first kappa shape index (κ1) is 25.7. The van der Waals surface area contributed by atoms with E-state index in [4.69, 9.17) is 11.6 Å². The van der Waals surface area contributed by atoms with Crippen LogP contribution < -0.4 is 9.62 Å². The lowest BCUT2D eigenvalue weighted by Crippen LogP contribution is -2.47. The van der Waals surface area contributed by atoms with E-state index in [-0.39, 0.29) is 31.3 Å². The average molecular weight is 480 g/mol. The second-order valence-electron chi connectivity index (χ2n) is 7.46. The van der Waals surface area contributed by atoms with Gasteiger partial charge in [0.1, 0.15) is 6.04 Å². The molecule has 0 aliphatic rings. The number of amides is 2. The minimum atomic E-state index is -3.50. The van der Waals surface area contributed by atoms with Crippen LogP contribution >= 0.6 is 11.6 Å². The average Bonchev–Trinajstić information content (AvgIpc) is 2.75. The fourth-order valence-corrected chi connectivity index (χ4v) is 4.47. The highest BCUT2D eigenvalue weighted by Gasteiger charge is 2.26. The minimum Gasteiger partial charge on any atom is -0.355 e. The van der Waals surface area contributed by atoms with E-state index in [2.05, 4.69) is 5.32 Å². The summed E-state index contributed by atoms with van der Waals surface area (Å²) in [6.45, 7) is 4.29. The molecule has 2 amide bonds. The van der Waals surface area contributed by atoms with E-state index in [1.165, 1.54) is 9.21 Å². The van der Waals surface area contributed by atoms with Gasteiger partial charge in [0.2, 0.25) is 21.8 Å². The molecule has 0 saturated heterocycles. The van der Waals surface area contributed by atoms with Crippen LogP contribution in [-0.4, -0.2) is 50.5 Å². The van der Waals surface area contributed by atoms with Crippen LogP contribution in [0.3, 0.4) is 0 Å². The van der Waals surface area contributed by atoms with E-state index in [0.29, 0.717) is 23.7 Å². The Morgan fingerprint density at radius 2 is 1.69 bits per heavy atom. The standard InChI is InChI=1S/C23H30ClN3O4S/c1-4-25-23(29)18(2)26(17-19-11-8-9-14-21(19)24)22(28)15-10-16-27(32(3,30)31)20-12-6-5-7-13-20/h5-9,11-14,18H,4,10,15-17H2,1-3H3,(H,25,29)/t18-/m0/s1. The van der Waals surface area contributed by atoms with E-state index in [1.807, 2.05) is 25.1 Å². The maximum Gasteiger partial charge on any atom is 0.242 e. The van der Waals surface area contributed by atoms with Gasteiger partial charge < -0.3 is 10.2 Å². The third kappa shape index (κ3) is 7.24. The molecule has 0 spiro atoms. The van der Waals surface area contributed by atoms with Gasteiger partial charge in [-0.05, 0) is 44.0 Å². The summed E-state index contributed by atoms with van der Waals surface area (Å²) >= 11 is 6.27. The third-order valence-corrected chi connectivity index (χ3v) is 6.58. The van der Waals surface area contributed by atoms with Crippen LogP contribution in [0.1, 0.15) is 32.3 Å². The fourth-order valence-electron chi connectivity index (χ4n) is 3.31. The van der Waals surface area contributed by atoms with E-state index in [9.17, 15) is 18.0 Å². The highest BCUT2D eigenvalue weighted by atomic mass is 35.5. The lowest BCUT2D eigenvalue weighted by atomic mass is 10.1. The van der Waals surface area contributed by atoms with Crippen LogP contribution in [0, 0.1) is 0 Å². The Balaban J connectivity index is 2.14. The molecule has 0 aliphatic heterocycles. The summed E-state index contributed by atoms with van der Waals surface area (Å²) in [4.78, 5) is 27.0. The first-order valence-corrected chi connectivity index (χ1v) is 12.7. The van der Waals surface area contributed by atoms with Crippen LogP contribution in [0.2, 0.25) is 5.02 Å². The number of benzene rings is 2. The Labute approximate surface area is 195 Å². The van der Waals surface area contributed by atoms with Crippen molar-refractivity contribution in [2.24, 2.45) is 0 Å². The van der Waals surface area contributed by atoms with Gasteiger partial charge >= 0.3 is 0 Å². The zero-order valence-electron chi connectivity index (χ0n) is 18.6. The first-order valence-electron chi connectivity index (χ1n) is 10.5. The number of para-hydroxylation sites is 1. The SMILES string of the molecule is CCNC(=O)[C@H](C)N(Cc1ccccc1Cl)C(=O)CCCN(c1ccccc1)S(C)(=O)=O. The van der Waals surface area contributed by atoms with Crippen molar-refractivity contribution in [3.63, 3.8) is 0 Å². The molecule has 174 valence electrons. The van der Waals surface area contributed by atoms with Crippen molar-refractivity contribution < 1.29 is 18.0 Å². The number of halogens is 1. The van der Waals surface area contributed by atoms with Gasteiger partial charge in [-0.3, -0.25) is 13.9 Å². The molecule has 0 bridgehead atoms. The summed E-state index contributed by atoms with van der Waals surface area (Å²) in [6, 6.07) is 15.2. The molecule has 9 heteroatoms. The molecule has 2 rings (SSSR count). The molecular weight excluding hydrogens is 450 g/mol. The molecule has 32 heavy (non-hydrogen) atoms. The number of anilines is 1. The molecule has 7 nitrogen and oxygen atoms in total. The molecule has 0 unspecified atom stereocenters. The summed E-state index contributed by atoms with van der Waals surface area (Å²) in [5.41, 5.74) is 1.28. The molecule has 0 fully saturated rings. The molecule has 1 N–H and O–H groups in total. The van der Waals surface area contributed by atoms with E-state index < -0.39 is 16.1 Å². The van der Waals surface area contributed by atoms with Gasteiger partial charge in [0.15, 0.2) is 0 Å². The van der Waals surface area contributed by atoms with Crippen molar-refractivity contribution in [2.75, 3.05) is 23.7 Å². The summed E-state index contributed by atoms with van der Waals surface area (Å²) in [6.07, 6.45) is 1.54. The minimum absolute atomic E-state index is 0.0903. The van der Waals surface area contributed by atoms with E-state index in [1.54, 1.807) is 43.3 Å². The molecule has 0 saturated carbocycles. The number of nitrogens with one attached hydrogen (secondary N) is 1. The quantitative estimate of drug-likeness (QED) is 0.534. The number of carbonyl (C=O) groups excluding carboxylic acids is 2. The summed E-state index contributed by atoms with van der Waals surface area (Å²) < 4.78 is 25.8.